The quantitative estimate of drug-likeness (QED) is 0.831. The van der Waals surface area contributed by atoms with Gasteiger partial charge in [-0.25, -0.2) is 0 Å². The molecule has 4 heteroatoms. The lowest BCUT2D eigenvalue weighted by Crippen LogP contribution is -2.51. The van der Waals surface area contributed by atoms with E-state index in [2.05, 4.69) is 6.92 Å². The molecule has 0 saturated carbocycles. The Labute approximate surface area is 114 Å². The van der Waals surface area contributed by atoms with Crippen LogP contribution in [0.3, 0.4) is 0 Å². The van der Waals surface area contributed by atoms with Crippen molar-refractivity contribution in [3.8, 4) is 0 Å². The Balaban J connectivity index is 2.31. The second kappa shape index (κ2) is 5.61. The van der Waals surface area contributed by atoms with E-state index in [1.165, 1.54) is 0 Å². The van der Waals surface area contributed by atoms with Crippen molar-refractivity contribution in [3.05, 3.63) is 29.3 Å². The number of hydrogen-bond donors (Lipinski definition) is 1. The lowest BCUT2D eigenvalue weighted by molar-refractivity contribution is -0.0443. The van der Waals surface area contributed by atoms with Gasteiger partial charge in [0, 0.05) is 12.2 Å². The molecule has 2 unspecified atom stereocenters. The maximum absolute atomic E-state index is 12.7. The number of rotatable bonds is 2. The van der Waals surface area contributed by atoms with Gasteiger partial charge in [-0.2, -0.15) is 0 Å². The van der Waals surface area contributed by atoms with E-state index in [0.717, 1.165) is 12.0 Å². The van der Waals surface area contributed by atoms with Crippen LogP contribution >= 0.6 is 0 Å². The molecule has 2 atom stereocenters. The van der Waals surface area contributed by atoms with E-state index in [9.17, 15) is 4.79 Å². The summed E-state index contributed by atoms with van der Waals surface area (Å²) >= 11 is 0. The van der Waals surface area contributed by atoms with Crippen LogP contribution in [0.1, 0.15) is 36.2 Å². The van der Waals surface area contributed by atoms with Crippen molar-refractivity contribution in [3.63, 3.8) is 0 Å². The van der Waals surface area contributed by atoms with E-state index in [-0.39, 0.29) is 18.1 Å². The first-order valence-corrected chi connectivity index (χ1v) is 6.82. The van der Waals surface area contributed by atoms with Gasteiger partial charge in [-0.15, -0.1) is 0 Å². The summed E-state index contributed by atoms with van der Waals surface area (Å²) in [5.74, 6) is 0.0256. The number of nitrogen functional groups attached to an aromatic ring is 1. The summed E-state index contributed by atoms with van der Waals surface area (Å²) in [4.78, 5) is 14.7. The first-order valence-electron chi connectivity index (χ1n) is 6.82. The number of amides is 1. The molecule has 1 aromatic carbocycles. The van der Waals surface area contributed by atoms with E-state index < -0.39 is 0 Å². The maximum Gasteiger partial charge on any atom is 0.256 e. The third-order valence-electron chi connectivity index (χ3n) is 3.72. The molecule has 2 N–H and O–H groups in total. The van der Waals surface area contributed by atoms with Crippen molar-refractivity contribution in [2.45, 2.75) is 39.3 Å². The Morgan fingerprint density at radius 1 is 1.53 bits per heavy atom. The fraction of sp³-hybridized carbons (Fsp3) is 0.533. The van der Waals surface area contributed by atoms with E-state index in [4.69, 9.17) is 10.5 Å². The van der Waals surface area contributed by atoms with Crippen LogP contribution in [0.5, 0.6) is 0 Å². The number of aryl methyl sites for hydroxylation is 1. The lowest BCUT2D eigenvalue weighted by atomic mass is 10.0. The average molecular weight is 262 g/mol. The highest BCUT2D eigenvalue weighted by Crippen LogP contribution is 2.23. The molecule has 1 aromatic rings. The van der Waals surface area contributed by atoms with Gasteiger partial charge < -0.3 is 15.4 Å². The van der Waals surface area contributed by atoms with E-state index in [1.54, 1.807) is 6.07 Å². The summed E-state index contributed by atoms with van der Waals surface area (Å²) < 4.78 is 5.63. The molecule has 0 bridgehead atoms. The minimum Gasteiger partial charge on any atom is -0.398 e. The van der Waals surface area contributed by atoms with Gasteiger partial charge in [-0.05, 0) is 31.9 Å². The van der Waals surface area contributed by atoms with Crippen LogP contribution in [0.15, 0.2) is 18.2 Å². The Kier molecular flexibility index (Phi) is 4.10. The number of ether oxygens (including phenoxy) is 1. The molecule has 0 aliphatic carbocycles. The van der Waals surface area contributed by atoms with Crippen LogP contribution < -0.4 is 5.73 Å². The van der Waals surface area contributed by atoms with Crippen LogP contribution in [-0.4, -0.2) is 36.1 Å². The zero-order valence-electron chi connectivity index (χ0n) is 11.8. The minimum absolute atomic E-state index is 0.0256. The van der Waals surface area contributed by atoms with Crippen LogP contribution in [0.2, 0.25) is 0 Å². The van der Waals surface area contributed by atoms with Crippen molar-refractivity contribution >= 4 is 11.6 Å². The van der Waals surface area contributed by atoms with Gasteiger partial charge >= 0.3 is 0 Å². The van der Waals surface area contributed by atoms with E-state index >= 15 is 0 Å². The van der Waals surface area contributed by atoms with Gasteiger partial charge in [0.1, 0.15) is 0 Å². The maximum atomic E-state index is 12.7. The zero-order valence-corrected chi connectivity index (χ0v) is 11.8. The number of carbonyl (C=O) groups excluding carboxylic acids is 1. The Morgan fingerprint density at radius 2 is 2.26 bits per heavy atom. The normalized spacial score (nSPS) is 23.4. The molecule has 1 aliphatic rings. The number of carbonyl (C=O) groups is 1. The van der Waals surface area contributed by atoms with Gasteiger partial charge in [-0.1, -0.05) is 19.1 Å². The van der Waals surface area contributed by atoms with Gasteiger partial charge in [0.2, 0.25) is 0 Å². The van der Waals surface area contributed by atoms with Gasteiger partial charge in [-0.3, -0.25) is 4.79 Å². The van der Waals surface area contributed by atoms with Crippen LogP contribution in [0.4, 0.5) is 5.69 Å². The molecule has 0 radical (unpaired) electrons. The predicted molar refractivity (Wildman–Crippen MR) is 76.1 cm³/mol. The SMILES string of the molecule is CCC1COC(C)CN1C(=O)c1c(C)cccc1N. The van der Waals surface area contributed by atoms with Crippen LogP contribution in [-0.2, 0) is 4.74 Å². The van der Waals surface area contributed by atoms with Crippen molar-refractivity contribution in [1.82, 2.24) is 4.90 Å². The molecule has 104 valence electrons. The van der Waals surface area contributed by atoms with Gasteiger partial charge in [0.25, 0.3) is 5.91 Å². The molecule has 1 aliphatic heterocycles. The lowest BCUT2D eigenvalue weighted by Gasteiger charge is -2.38. The molecule has 19 heavy (non-hydrogen) atoms. The first-order chi connectivity index (χ1) is 9.04. The van der Waals surface area contributed by atoms with Crippen LogP contribution in [0, 0.1) is 6.92 Å². The molecule has 1 saturated heterocycles. The molecule has 1 amide bonds. The number of benzene rings is 1. The standard InChI is InChI=1S/C15H22N2O2/c1-4-12-9-19-11(3)8-17(12)15(18)14-10(2)6-5-7-13(14)16/h5-7,11-12H,4,8-9,16H2,1-3H3. The highest BCUT2D eigenvalue weighted by atomic mass is 16.5. The first kappa shape index (κ1) is 13.9. The summed E-state index contributed by atoms with van der Waals surface area (Å²) in [5, 5.41) is 0. The van der Waals surface area contributed by atoms with Crippen molar-refractivity contribution in [2.24, 2.45) is 0 Å². The third kappa shape index (κ3) is 2.73. The van der Waals surface area contributed by atoms with Gasteiger partial charge in [0.15, 0.2) is 0 Å². The largest absolute Gasteiger partial charge is 0.398 e. The number of hydrogen-bond acceptors (Lipinski definition) is 3. The van der Waals surface area contributed by atoms with Crippen molar-refractivity contribution in [2.75, 3.05) is 18.9 Å². The number of morpholine rings is 1. The molecule has 2 rings (SSSR count). The highest BCUT2D eigenvalue weighted by Gasteiger charge is 2.31. The molecule has 0 spiro atoms. The molecule has 4 nitrogen and oxygen atoms in total. The Bertz CT molecular complexity index is 453. The molecular formula is C15H22N2O2. The van der Waals surface area contributed by atoms with Gasteiger partial charge in [0.05, 0.1) is 24.3 Å². The fourth-order valence-electron chi connectivity index (χ4n) is 2.56. The second-order valence-corrected chi connectivity index (χ2v) is 5.20. The number of nitrogens with two attached hydrogens (primary N) is 1. The molecule has 1 fully saturated rings. The number of nitrogens with zero attached hydrogens (tertiary/aromatic N) is 1. The monoisotopic (exact) mass is 262 g/mol. The summed E-state index contributed by atoms with van der Waals surface area (Å²) in [6.07, 6.45) is 0.974. The van der Waals surface area contributed by atoms with Crippen LogP contribution in [0.25, 0.3) is 0 Å². The van der Waals surface area contributed by atoms with E-state index in [0.29, 0.717) is 24.4 Å². The smallest absolute Gasteiger partial charge is 0.256 e. The summed E-state index contributed by atoms with van der Waals surface area (Å²) in [6, 6.07) is 5.72. The summed E-state index contributed by atoms with van der Waals surface area (Å²) in [5.41, 5.74) is 8.09. The predicted octanol–water partition coefficient (Wildman–Crippen LogP) is 2.22. The zero-order chi connectivity index (χ0) is 14.0. The highest BCUT2D eigenvalue weighted by molar-refractivity contribution is 6.00. The van der Waals surface area contributed by atoms with Crippen molar-refractivity contribution < 1.29 is 9.53 Å². The topological polar surface area (TPSA) is 55.6 Å². The van der Waals surface area contributed by atoms with E-state index in [1.807, 2.05) is 30.9 Å². The van der Waals surface area contributed by atoms with Crippen molar-refractivity contribution in [1.29, 1.82) is 0 Å². The summed E-state index contributed by atoms with van der Waals surface area (Å²) in [7, 11) is 0. The molecule has 0 aromatic heterocycles. The molecular weight excluding hydrogens is 240 g/mol. The second-order valence-electron chi connectivity index (χ2n) is 5.20. The number of anilines is 1. The average Bonchev–Trinajstić information content (AvgIpc) is 2.38. The third-order valence-corrected chi connectivity index (χ3v) is 3.72. The Hall–Kier alpha value is -1.55. The minimum atomic E-state index is 0.0256. The fourth-order valence-corrected chi connectivity index (χ4v) is 2.56. The summed E-state index contributed by atoms with van der Waals surface area (Å²) in [6.45, 7) is 7.23. The Morgan fingerprint density at radius 3 is 2.89 bits per heavy atom. The molecule has 1 heterocycles.